The Labute approximate surface area is 186 Å². The minimum Gasteiger partial charge on any atom is -0.372 e. The van der Waals surface area contributed by atoms with Crippen LogP contribution in [0.25, 0.3) is 5.65 Å². The lowest BCUT2D eigenvalue weighted by atomic mass is 9.97. The Morgan fingerprint density at radius 1 is 1.19 bits per heavy atom. The van der Waals surface area contributed by atoms with Crippen LogP contribution in [0.5, 0.6) is 0 Å². The third-order valence-corrected chi connectivity index (χ3v) is 6.12. The number of benzene rings is 1. The van der Waals surface area contributed by atoms with Gasteiger partial charge in [-0.15, -0.1) is 0 Å². The van der Waals surface area contributed by atoms with Crippen LogP contribution in [0.1, 0.15) is 47.2 Å². The van der Waals surface area contributed by atoms with Crippen molar-refractivity contribution in [3.05, 3.63) is 65.1 Å². The van der Waals surface area contributed by atoms with Crippen LogP contribution >= 0.6 is 0 Å². The minimum atomic E-state index is -2.69. The Balaban J connectivity index is 1.46. The van der Waals surface area contributed by atoms with E-state index in [4.69, 9.17) is 5.73 Å². The molecule has 0 saturated carbocycles. The molecule has 1 aliphatic heterocycles. The number of fused-ring (bicyclic) bond motifs is 1. The first-order valence-corrected chi connectivity index (χ1v) is 11.0. The number of ether oxygens (including phenoxy) is 1. The summed E-state index contributed by atoms with van der Waals surface area (Å²) in [5.41, 5.74) is 10.7. The van der Waals surface area contributed by atoms with Crippen molar-refractivity contribution in [2.75, 3.05) is 24.6 Å². The summed E-state index contributed by atoms with van der Waals surface area (Å²) in [6.45, 7) is 1.04. The summed E-state index contributed by atoms with van der Waals surface area (Å²) >= 11 is 0. The Morgan fingerprint density at radius 2 is 1.91 bits per heavy atom. The van der Waals surface area contributed by atoms with E-state index < -0.39 is 12.5 Å². The minimum absolute atomic E-state index is 0.122. The van der Waals surface area contributed by atoms with E-state index in [9.17, 15) is 13.6 Å². The molecule has 0 unspecified atom stereocenters. The number of rotatable bonds is 8. The van der Waals surface area contributed by atoms with Gasteiger partial charge in [-0.1, -0.05) is 25.1 Å². The maximum Gasteiger partial charge on any atom is 0.345 e. The molecule has 1 fully saturated rings. The number of pyridine rings is 1. The molecule has 1 aromatic carbocycles. The molecule has 0 spiro atoms. The fourth-order valence-corrected chi connectivity index (χ4v) is 4.44. The van der Waals surface area contributed by atoms with E-state index >= 15 is 0 Å². The molecule has 3 heterocycles. The number of aryl methyl sites for hydroxylation is 1. The number of nitrogens with zero attached hydrogens (tertiary/aromatic N) is 3. The van der Waals surface area contributed by atoms with E-state index in [1.807, 2.05) is 29.5 Å². The molecule has 1 aliphatic rings. The van der Waals surface area contributed by atoms with Crippen molar-refractivity contribution in [3.63, 3.8) is 0 Å². The largest absolute Gasteiger partial charge is 0.372 e. The van der Waals surface area contributed by atoms with Gasteiger partial charge in [-0.05, 0) is 55.0 Å². The van der Waals surface area contributed by atoms with Gasteiger partial charge in [0, 0.05) is 30.9 Å². The number of nitrogens with two attached hydrogens (primary N) is 1. The molecule has 6 nitrogen and oxygen atoms in total. The highest BCUT2D eigenvalue weighted by molar-refractivity contribution is 5.93. The van der Waals surface area contributed by atoms with Crippen LogP contribution in [0.3, 0.4) is 0 Å². The second-order valence-electron chi connectivity index (χ2n) is 8.20. The molecule has 170 valence electrons. The van der Waals surface area contributed by atoms with E-state index in [1.165, 1.54) is 0 Å². The lowest BCUT2D eigenvalue weighted by Crippen LogP contribution is -2.35. The van der Waals surface area contributed by atoms with Crippen LogP contribution in [0.15, 0.2) is 42.5 Å². The lowest BCUT2D eigenvalue weighted by molar-refractivity contribution is -0.139. The third-order valence-electron chi connectivity index (χ3n) is 6.12. The number of anilines is 1. The number of carbonyl (C=O) groups is 1. The molecule has 4 rings (SSSR count). The first-order valence-electron chi connectivity index (χ1n) is 11.0. The molecule has 3 aromatic rings. The number of primary amides is 1. The molecule has 0 aliphatic carbocycles. The summed E-state index contributed by atoms with van der Waals surface area (Å²) in [6, 6.07) is 14.2. The van der Waals surface area contributed by atoms with Crippen LogP contribution in [0, 0.1) is 5.92 Å². The number of halogens is 2. The highest BCUT2D eigenvalue weighted by atomic mass is 19.3. The summed E-state index contributed by atoms with van der Waals surface area (Å²) in [6.07, 6.45) is 2.96. The summed E-state index contributed by atoms with van der Waals surface area (Å²) < 4.78 is 30.8. The normalized spacial score (nSPS) is 15.1. The quantitative estimate of drug-likeness (QED) is 0.572. The lowest BCUT2D eigenvalue weighted by Gasteiger charge is -2.33. The number of hydrogen-bond donors (Lipinski definition) is 1. The van der Waals surface area contributed by atoms with Crippen molar-refractivity contribution in [2.45, 2.75) is 39.2 Å². The number of amides is 1. The van der Waals surface area contributed by atoms with Gasteiger partial charge >= 0.3 is 6.61 Å². The molecule has 1 amide bonds. The summed E-state index contributed by atoms with van der Waals surface area (Å²) in [5, 5.41) is 0. The SMILES string of the molecule is CCc1nc2cccc(Cc3ccc(N4CCC(COC(F)F)CC4)cc3)n2c1C(N)=O. The zero-order valence-electron chi connectivity index (χ0n) is 18.1. The molecule has 32 heavy (non-hydrogen) atoms. The Bertz CT molecular complexity index is 1070. The predicted octanol–water partition coefficient (Wildman–Crippen LogP) is 4.04. The van der Waals surface area contributed by atoms with E-state index in [0.29, 0.717) is 24.2 Å². The monoisotopic (exact) mass is 442 g/mol. The fourth-order valence-electron chi connectivity index (χ4n) is 4.44. The zero-order valence-corrected chi connectivity index (χ0v) is 18.1. The van der Waals surface area contributed by atoms with Crippen LogP contribution in [0.2, 0.25) is 0 Å². The van der Waals surface area contributed by atoms with E-state index in [0.717, 1.165) is 48.5 Å². The number of aromatic nitrogens is 2. The average molecular weight is 443 g/mol. The van der Waals surface area contributed by atoms with Crippen molar-refractivity contribution in [2.24, 2.45) is 11.7 Å². The van der Waals surface area contributed by atoms with Gasteiger partial charge in [0.15, 0.2) is 0 Å². The molecule has 8 heteroatoms. The molecule has 0 atom stereocenters. The van der Waals surface area contributed by atoms with Crippen molar-refractivity contribution >= 4 is 17.2 Å². The van der Waals surface area contributed by atoms with Gasteiger partial charge in [-0.3, -0.25) is 9.20 Å². The van der Waals surface area contributed by atoms with Gasteiger partial charge < -0.3 is 15.4 Å². The highest BCUT2D eigenvalue weighted by Gasteiger charge is 2.21. The molecule has 0 radical (unpaired) electrons. The summed E-state index contributed by atoms with van der Waals surface area (Å²) in [5.74, 6) is -0.290. The number of hydrogen-bond acceptors (Lipinski definition) is 4. The second-order valence-corrected chi connectivity index (χ2v) is 8.20. The maximum atomic E-state index is 12.2. The number of piperidine rings is 1. The molecular formula is C24H28F2N4O2. The van der Waals surface area contributed by atoms with Crippen LogP contribution in [-0.4, -0.2) is 41.6 Å². The second kappa shape index (κ2) is 9.65. The highest BCUT2D eigenvalue weighted by Crippen LogP contribution is 2.25. The van der Waals surface area contributed by atoms with Gasteiger partial charge in [-0.25, -0.2) is 4.98 Å². The van der Waals surface area contributed by atoms with Gasteiger partial charge in [-0.2, -0.15) is 8.78 Å². The summed E-state index contributed by atoms with van der Waals surface area (Å²) in [4.78, 5) is 18.9. The number of imidazole rings is 1. The standard InChI is InChI=1S/C24H28F2N4O2/c1-2-20-22(23(27)31)30-19(4-3-5-21(30)28-20)14-16-6-8-18(9-7-16)29-12-10-17(11-13-29)15-32-24(25)26/h3-9,17,24H,2,10-15H2,1H3,(H2,27,31). The predicted molar refractivity (Wildman–Crippen MR) is 119 cm³/mol. The van der Waals surface area contributed by atoms with Gasteiger partial charge in [0.2, 0.25) is 0 Å². The van der Waals surface area contributed by atoms with Crippen molar-refractivity contribution in [3.8, 4) is 0 Å². The molecule has 2 N–H and O–H groups in total. The Morgan fingerprint density at radius 3 is 2.53 bits per heavy atom. The Hall–Kier alpha value is -3.00. The van der Waals surface area contributed by atoms with E-state index in [1.54, 1.807) is 0 Å². The first kappa shape index (κ1) is 22.2. The third kappa shape index (κ3) is 4.75. The van der Waals surface area contributed by atoms with Crippen LogP contribution < -0.4 is 10.6 Å². The number of alkyl halides is 2. The van der Waals surface area contributed by atoms with E-state index in [-0.39, 0.29) is 12.5 Å². The smallest absolute Gasteiger partial charge is 0.345 e. The fraction of sp³-hybridized carbons (Fsp3) is 0.417. The average Bonchev–Trinajstić information content (AvgIpc) is 3.19. The maximum absolute atomic E-state index is 12.2. The van der Waals surface area contributed by atoms with Crippen molar-refractivity contribution in [1.29, 1.82) is 0 Å². The van der Waals surface area contributed by atoms with Gasteiger partial charge in [0.05, 0.1) is 12.3 Å². The first-order chi connectivity index (χ1) is 15.5. The number of carbonyl (C=O) groups excluding carboxylic acids is 1. The zero-order chi connectivity index (χ0) is 22.7. The molecule has 2 aromatic heterocycles. The molecular weight excluding hydrogens is 414 g/mol. The van der Waals surface area contributed by atoms with Gasteiger partial charge in [0.1, 0.15) is 11.3 Å². The van der Waals surface area contributed by atoms with Crippen LogP contribution in [-0.2, 0) is 17.6 Å². The van der Waals surface area contributed by atoms with Crippen molar-refractivity contribution in [1.82, 2.24) is 9.38 Å². The Kier molecular flexibility index (Phi) is 6.69. The van der Waals surface area contributed by atoms with Crippen molar-refractivity contribution < 1.29 is 18.3 Å². The topological polar surface area (TPSA) is 72.9 Å². The van der Waals surface area contributed by atoms with E-state index in [2.05, 4.69) is 38.9 Å². The molecule has 1 saturated heterocycles. The molecule has 0 bridgehead atoms. The van der Waals surface area contributed by atoms with Crippen LogP contribution in [0.4, 0.5) is 14.5 Å². The van der Waals surface area contributed by atoms with Gasteiger partial charge in [0.25, 0.3) is 5.91 Å². The summed E-state index contributed by atoms with van der Waals surface area (Å²) in [7, 11) is 0.